The summed E-state index contributed by atoms with van der Waals surface area (Å²) in [5, 5.41) is 0.724. The third-order valence-corrected chi connectivity index (χ3v) is 3.06. The number of para-hydroxylation sites is 1. The van der Waals surface area contributed by atoms with Crippen molar-refractivity contribution in [2.75, 3.05) is 6.26 Å². The minimum absolute atomic E-state index is 0.272. The predicted molar refractivity (Wildman–Crippen MR) is 68.2 cm³/mol. The Kier molecular flexibility index (Phi) is 2.27. The van der Waals surface area contributed by atoms with Crippen LogP contribution in [0.1, 0.15) is 0 Å². The van der Waals surface area contributed by atoms with Gasteiger partial charge in [-0.25, -0.2) is 4.98 Å². The number of hydrogen-bond donors (Lipinski definition) is 0. The zero-order valence-electron chi connectivity index (χ0n) is 9.57. The summed E-state index contributed by atoms with van der Waals surface area (Å²) in [6, 6.07) is 9.19. The predicted octanol–water partition coefficient (Wildman–Crippen LogP) is 1.83. The van der Waals surface area contributed by atoms with E-state index in [9.17, 15) is 8.42 Å². The molecule has 0 aliphatic rings. The molecule has 2 aromatic heterocycles. The normalized spacial score (nSPS) is 12.1. The number of benzene rings is 1. The van der Waals surface area contributed by atoms with Gasteiger partial charge < -0.3 is 4.18 Å². The molecule has 0 bridgehead atoms. The highest BCUT2D eigenvalue weighted by Crippen LogP contribution is 2.32. The van der Waals surface area contributed by atoms with Crippen LogP contribution in [0, 0.1) is 0 Å². The van der Waals surface area contributed by atoms with Gasteiger partial charge in [-0.05, 0) is 18.2 Å². The van der Waals surface area contributed by atoms with Crippen LogP contribution in [-0.2, 0) is 10.1 Å². The molecule has 0 N–H and O–H groups in total. The van der Waals surface area contributed by atoms with Gasteiger partial charge in [0.1, 0.15) is 0 Å². The van der Waals surface area contributed by atoms with Crippen LogP contribution >= 0.6 is 0 Å². The Labute approximate surface area is 104 Å². The molecule has 3 rings (SSSR count). The fraction of sp³-hybridized carbons (Fsp3) is 0.0833. The standard InChI is InChI=1S/C12H10N2O3S/c1-18(15,16)17-11-9-5-2-3-6-10(9)14-8-4-7-13-12(11)14/h2-8H,1H3. The first-order chi connectivity index (χ1) is 8.56. The molecule has 0 unspecified atom stereocenters. The first-order valence-electron chi connectivity index (χ1n) is 5.29. The molecule has 2 heterocycles. The Bertz CT molecular complexity index is 784. The van der Waals surface area contributed by atoms with Crippen LogP contribution in [0.2, 0.25) is 0 Å². The zero-order chi connectivity index (χ0) is 12.8. The van der Waals surface area contributed by atoms with Crippen molar-refractivity contribution in [1.29, 1.82) is 0 Å². The molecule has 0 saturated carbocycles. The van der Waals surface area contributed by atoms with Crippen molar-refractivity contribution in [1.82, 2.24) is 9.38 Å². The van der Waals surface area contributed by atoms with Crippen LogP contribution in [0.3, 0.4) is 0 Å². The second-order valence-corrected chi connectivity index (χ2v) is 5.52. The maximum Gasteiger partial charge on any atom is 0.306 e. The molecule has 18 heavy (non-hydrogen) atoms. The summed E-state index contributed by atoms with van der Waals surface area (Å²) in [5.74, 6) is 0.272. The minimum Gasteiger partial charge on any atom is -0.378 e. The Morgan fingerprint density at radius 3 is 2.78 bits per heavy atom. The van der Waals surface area contributed by atoms with Gasteiger partial charge in [-0.2, -0.15) is 8.42 Å². The molecule has 0 amide bonds. The first kappa shape index (κ1) is 11.0. The number of nitrogens with zero attached hydrogens (tertiary/aromatic N) is 2. The van der Waals surface area contributed by atoms with Gasteiger partial charge >= 0.3 is 10.1 Å². The lowest BCUT2D eigenvalue weighted by Crippen LogP contribution is -2.05. The molecule has 0 spiro atoms. The summed E-state index contributed by atoms with van der Waals surface area (Å²) < 4.78 is 29.5. The second kappa shape index (κ2) is 3.71. The summed E-state index contributed by atoms with van der Waals surface area (Å²) in [6.07, 6.45) is 4.44. The van der Waals surface area contributed by atoms with Crippen molar-refractivity contribution in [2.24, 2.45) is 0 Å². The number of fused-ring (bicyclic) bond motifs is 3. The third kappa shape index (κ3) is 1.70. The zero-order valence-corrected chi connectivity index (χ0v) is 10.4. The van der Waals surface area contributed by atoms with Gasteiger partial charge in [0.2, 0.25) is 0 Å². The van der Waals surface area contributed by atoms with Crippen molar-refractivity contribution in [2.45, 2.75) is 0 Å². The Morgan fingerprint density at radius 2 is 2.00 bits per heavy atom. The smallest absolute Gasteiger partial charge is 0.306 e. The van der Waals surface area contributed by atoms with Gasteiger partial charge in [0, 0.05) is 17.8 Å². The summed E-state index contributed by atoms with van der Waals surface area (Å²) in [4.78, 5) is 4.18. The van der Waals surface area contributed by atoms with Crippen LogP contribution in [0.4, 0.5) is 0 Å². The lowest BCUT2D eigenvalue weighted by molar-refractivity contribution is 0.497. The highest BCUT2D eigenvalue weighted by molar-refractivity contribution is 7.86. The van der Waals surface area contributed by atoms with Gasteiger partial charge in [0.15, 0.2) is 11.4 Å². The number of hydrogen-bond acceptors (Lipinski definition) is 4. The lowest BCUT2D eigenvalue weighted by atomic mass is 10.2. The van der Waals surface area contributed by atoms with E-state index in [4.69, 9.17) is 4.18 Å². The summed E-state index contributed by atoms with van der Waals surface area (Å²) >= 11 is 0. The topological polar surface area (TPSA) is 60.7 Å². The molecule has 0 radical (unpaired) electrons. The average molecular weight is 262 g/mol. The van der Waals surface area contributed by atoms with Gasteiger partial charge in [0.25, 0.3) is 0 Å². The summed E-state index contributed by atoms with van der Waals surface area (Å²) in [7, 11) is -3.58. The Morgan fingerprint density at radius 1 is 1.22 bits per heavy atom. The maximum absolute atomic E-state index is 11.3. The largest absolute Gasteiger partial charge is 0.378 e. The molecule has 92 valence electrons. The van der Waals surface area contributed by atoms with E-state index < -0.39 is 10.1 Å². The van der Waals surface area contributed by atoms with Gasteiger partial charge in [-0.15, -0.1) is 0 Å². The molecule has 3 aromatic rings. The van der Waals surface area contributed by atoms with Crippen LogP contribution in [0.5, 0.6) is 5.75 Å². The fourth-order valence-electron chi connectivity index (χ4n) is 1.96. The molecule has 6 heteroatoms. The molecule has 1 aromatic carbocycles. The molecule has 0 aliphatic heterocycles. The maximum atomic E-state index is 11.3. The minimum atomic E-state index is -3.58. The molecule has 0 atom stereocenters. The van der Waals surface area contributed by atoms with Crippen LogP contribution in [-0.4, -0.2) is 24.1 Å². The first-order valence-corrected chi connectivity index (χ1v) is 7.11. The van der Waals surface area contributed by atoms with E-state index in [2.05, 4.69) is 4.98 Å². The van der Waals surface area contributed by atoms with Gasteiger partial charge in [-0.1, -0.05) is 12.1 Å². The lowest BCUT2D eigenvalue weighted by Gasteiger charge is -2.00. The van der Waals surface area contributed by atoms with E-state index in [0.717, 1.165) is 17.2 Å². The molecule has 0 fully saturated rings. The Balaban J connectivity index is 2.45. The second-order valence-electron chi connectivity index (χ2n) is 3.95. The highest BCUT2D eigenvalue weighted by atomic mass is 32.2. The molecular formula is C12H10N2O3S. The van der Waals surface area contributed by atoms with E-state index >= 15 is 0 Å². The molecule has 5 nitrogen and oxygen atoms in total. The van der Waals surface area contributed by atoms with Crippen LogP contribution in [0.25, 0.3) is 16.6 Å². The van der Waals surface area contributed by atoms with Crippen LogP contribution in [0.15, 0.2) is 42.7 Å². The van der Waals surface area contributed by atoms with Crippen LogP contribution < -0.4 is 4.18 Å². The van der Waals surface area contributed by atoms with E-state index in [1.807, 2.05) is 30.5 Å². The monoisotopic (exact) mass is 262 g/mol. The van der Waals surface area contributed by atoms with Gasteiger partial charge in [0.05, 0.1) is 11.8 Å². The van der Waals surface area contributed by atoms with Crippen molar-refractivity contribution in [3.8, 4) is 5.75 Å². The molecular weight excluding hydrogens is 252 g/mol. The summed E-state index contributed by atoms with van der Waals surface area (Å²) in [5.41, 5.74) is 1.35. The van der Waals surface area contributed by atoms with Gasteiger partial charge in [-0.3, -0.25) is 4.40 Å². The third-order valence-electron chi connectivity index (χ3n) is 2.59. The van der Waals surface area contributed by atoms with E-state index in [1.54, 1.807) is 16.7 Å². The van der Waals surface area contributed by atoms with E-state index in [-0.39, 0.29) is 5.75 Å². The molecule has 0 aliphatic carbocycles. The highest BCUT2D eigenvalue weighted by Gasteiger charge is 2.17. The van der Waals surface area contributed by atoms with E-state index in [1.165, 1.54) is 0 Å². The molecule has 0 saturated heterocycles. The van der Waals surface area contributed by atoms with Crippen molar-refractivity contribution < 1.29 is 12.6 Å². The summed E-state index contributed by atoms with van der Waals surface area (Å²) in [6.45, 7) is 0. The Hall–Kier alpha value is -2.08. The van der Waals surface area contributed by atoms with E-state index in [0.29, 0.717) is 5.65 Å². The van der Waals surface area contributed by atoms with Crippen molar-refractivity contribution in [3.63, 3.8) is 0 Å². The number of aromatic nitrogens is 2. The average Bonchev–Trinajstić information content (AvgIpc) is 2.64. The van der Waals surface area contributed by atoms with Crippen molar-refractivity contribution in [3.05, 3.63) is 42.7 Å². The van der Waals surface area contributed by atoms with Crippen molar-refractivity contribution >= 4 is 26.7 Å². The number of rotatable bonds is 2. The fourth-order valence-corrected chi connectivity index (χ4v) is 2.43. The quantitative estimate of drug-likeness (QED) is 0.661. The SMILES string of the molecule is CS(=O)(=O)Oc1c2ccccc2n2cccnc12.